The van der Waals surface area contributed by atoms with Gasteiger partial charge in [-0.15, -0.1) is 0 Å². The smallest absolute Gasteiger partial charge is 0.341 e. The first-order valence-electron chi connectivity index (χ1n) is 11.9. The molecule has 1 spiro atoms. The topological polar surface area (TPSA) is 104 Å². The minimum atomic E-state index is -2.32. The molecule has 3 N–H and O–H groups in total. The molecule has 2 saturated carbocycles. The summed E-state index contributed by atoms with van der Waals surface area (Å²) < 4.78 is 33.2. The first kappa shape index (κ1) is 24.3. The number of Topliss-reactive ketones (excluding diaryl/α,β-unsaturated/α-hetero) is 1. The summed E-state index contributed by atoms with van der Waals surface area (Å²) in [5.74, 6) is -4.27. The van der Waals surface area contributed by atoms with E-state index in [2.05, 4.69) is 13.8 Å². The van der Waals surface area contributed by atoms with Crippen LogP contribution >= 0.6 is 0 Å². The van der Waals surface area contributed by atoms with Gasteiger partial charge in [-0.05, 0) is 59.8 Å². The van der Waals surface area contributed by atoms with Crippen molar-refractivity contribution < 1.29 is 38.4 Å². The summed E-state index contributed by atoms with van der Waals surface area (Å²) in [6, 6.07) is 2.40. The largest absolute Gasteiger partial charge is 0.451 e. The molecule has 0 heterocycles. The van der Waals surface area contributed by atoms with Crippen LogP contribution in [0, 0.1) is 46.1 Å². The van der Waals surface area contributed by atoms with Crippen molar-refractivity contribution in [1.82, 2.24) is 0 Å². The van der Waals surface area contributed by atoms with E-state index in [1.54, 1.807) is 19.1 Å². The molecule has 6 nitrogen and oxygen atoms in total. The summed E-state index contributed by atoms with van der Waals surface area (Å²) in [5, 5.41) is 33.9. The Bertz CT molecular complexity index is 1190. The third-order valence-corrected chi connectivity index (χ3v) is 9.27. The second-order valence-corrected chi connectivity index (χ2v) is 11.3. The highest BCUT2D eigenvalue weighted by atomic mass is 19.1. The lowest BCUT2D eigenvalue weighted by atomic mass is 9.59. The van der Waals surface area contributed by atoms with Crippen LogP contribution in [0.15, 0.2) is 41.5 Å². The molecule has 35 heavy (non-hydrogen) atoms. The van der Waals surface area contributed by atoms with Crippen LogP contribution in [0.2, 0.25) is 0 Å². The molecule has 0 amide bonds. The van der Waals surface area contributed by atoms with Gasteiger partial charge in [0.25, 0.3) is 0 Å². The number of aliphatic hydroxyl groups excluding tert-OH is 2. The van der Waals surface area contributed by atoms with E-state index in [0.29, 0.717) is 18.1 Å². The summed E-state index contributed by atoms with van der Waals surface area (Å²) in [6.45, 7) is 7.03. The maximum atomic E-state index is 14.3. The van der Waals surface area contributed by atoms with Crippen LogP contribution in [-0.4, -0.2) is 51.5 Å². The van der Waals surface area contributed by atoms with Gasteiger partial charge in [0.15, 0.2) is 17.5 Å². The van der Waals surface area contributed by atoms with E-state index in [-0.39, 0.29) is 28.6 Å². The van der Waals surface area contributed by atoms with Crippen LogP contribution < -0.4 is 0 Å². The average molecular weight is 489 g/mol. The fourth-order valence-electron chi connectivity index (χ4n) is 7.42. The maximum Gasteiger partial charge on any atom is 0.341 e. The molecule has 0 radical (unpaired) electrons. The van der Waals surface area contributed by atoms with E-state index >= 15 is 0 Å². The van der Waals surface area contributed by atoms with Crippen molar-refractivity contribution in [2.45, 2.75) is 51.9 Å². The lowest BCUT2D eigenvalue weighted by Crippen LogP contribution is -2.65. The molecule has 2 fully saturated rings. The van der Waals surface area contributed by atoms with Crippen LogP contribution in [0.3, 0.4) is 0 Å². The number of benzene rings is 1. The van der Waals surface area contributed by atoms with Gasteiger partial charge in [-0.1, -0.05) is 32.9 Å². The van der Waals surface area contributed by atoms with Gasteiger partial charge in [0.1, 0.15) is 17.7 Å². The van der Waals surface area contributed by atoms with E-state index < -0.39 is 64.8 Å². The van der Waals surface area contributed by atoms with Gasteiger partial charge in [-0.3, -0.25) is 4.79 Å². The number of ketones is 1. The summed E-state index contributed by atoms with van der Waals surface area (Å²) in [5.41, 5.74) is -4.11. The van der Waals surface area contributed by atoms with Crippen molar-refractivity contribution in [1.29, 1.82) is 0 Å². The molecule has 188 valence electrons. The summed E-state index contributed by atoms with van der Waals surface area (Å²) in [6.07, 6.45) is 0.593. The van der Waals surface area contributed by atoms with Crippen molar-refractivity contribution >= 4 is 11.8 Å². The highest BCUT2D eigenvalue weighted by molar-refractivity contribution is 5.96. The van der Waals surface area contributed by atoms with Gasteiger partial charge in [0.2, 0.25) is 0 Å². The predicted molar refractivity (Wildman–Crippen MR) is 121 cm³/mol. The first-order valence-corrected chi connectivity index (χ1v) is 11.9. The molecule has 4 aliphatic carbocycles. The first-order chi connectivity index (χ1) is 16.3. The lowest BCUT2D eigenvalue weighted by Gasteiger charge is -2.48. The Morgan fingerprint density at radius 2 is 1.94 bits per heavy atom. The summed E-state index contributed by atoms with van der Waals surface area (Å²) >= 11 is 0. The molecule has 0 aliphatic heterocycles. The van der Waals surface area contributed by atoms with Crippen LogP contribution in [0.5, 0.6) is 0 Å². The SMILES string of the molecule is CC1=CC23C(=O)C(C=C(CO)C(O)C2(O)C1OC(=O)c1ccc(F)cc1F)C1C(C[C@H]3C)C1(C)C. The molecule has 0 saturated heterocycles. The molecule has 1 aromatic rings. The molecular formula is C27H30F2O6. The van der Waals surface area contributed by atoms with Crippen LogP contribution in [0.1, 0.15) is 44.5 Å². The number of hydrogen-bond acceptors (Lipinski definition) is 6. The van der Waals surface area contributed by atoms with E-state index in [1.807, 2.05) is 6.92 Å². The molecule has 2 bridgehead atoms. The zero-order valence-electron chi connectivity index (χ0n) is 20.1. The monoisotopic (exact) mass is 488 g/mol. The Balaban J connectivity index is 1.63. The molecular weight excluding hydrogens is 458 g/mol. The van der Waals surface area contributed by atoms with Crippen LogP contribution in [0.25, 0.3) is 0 Å². The number of ether oxygens (including phenoxy) is 1. The maximum absolute atomic E-state index is 14.3. The van der Waals surface area contributed by atoms with Gasteiger partial charge in [-0.2, -0.15) is 0 Å². The molecule has 8 heteroatoms. The quantitative estimate of drug-likeness (QED) is 0.447. The Labute approximate surface area is 202 Å². The van der Waals surface area contributed by atoms with Crippen LogP contribution in [0.4, 0.5) is 8.78 Å². The molecule has 5 rings (SSSR count). The lowest BCUT2D eigenvalue weighted by molar-refractivity contribution is -0.190. The standard InChI is InChI=1S/C27H30F2O6/c1-12-10-26-13(2)7-18-20(25(18,3)4)17(22(26)32)8-14(11-30)21(31)27(26,34)23(12)35-24(33)16-6-5-15(28)9-19(16)29/h5-6,8-10,13,17-18,20-21,23,30-31,34H,7,11H2,1-4H3/t13-,17?,18?,20?,21?,23?,26?,27?/m1/s1. The van der Waals surface area contributed by atoms with Gasteiger partial charge < -0.3 is 20.1 Å². The Morgan fingerprint density at radius 3 is 2.57 bits per heavy atom. The zero-order valence-corrected chi connectivity index (χ0v) is 20.1. The van der Waals surface area contributed by atoms with Crippen molar-refractivity contribution in [2.24, 2.45) is 34.5 Å². The van der Waals surface area contributed by atoms with E-state index in [0.717, 1.165) is 12.1 Å². The van der Waals surface area contributed by atoms with E-state index in [9.17, 15) is 33.7 Å². The molecule has 0 aromatic heterocycles. The number of carbonyl (C=O) groups is 2. The fourth-order valence-corrected chi connectivity index (χ4v) is 7.42. The molecule has 7 unspecified atom stereocenters. The third-order valence-electron chi connectivity index (χ3n) is 9.27. The Hall–Kier alpha value is -2.42. The van der Waals surface area contributed by atoms with Crippen molar-refractivity contribution in [3.05, 3.63) is 58.7 Å². The van der Waals surface area contributed by atoms with E-state index in [4.69, 9.17) is 4.74 Å². The summed E-state index contributed by atoms with van der Waals surface area (Å²) in [4.78, 5) is 27.2. The van der Waals surface area contributed by atoms with Crippen molar-refractivity contribution in [2.75, 3.05) is 6.61 Å². The van der Waals surface area contributed by atoms with Gasteiger partial charge in [0, 0.05) is 12.0 Å². The highest BCUT2D eigenvalue weighted by Gasteiger charge is 2.76. The Morgan fingerprint density at radius 1 is 1.26 bits per heavy atom. The molecule has 4 aliphatic rings. The normalized spacial score (nSPS) is 41.1. The number of hydrogen-bond donors (Lipinski definition) is 3. The number of allylic oxidation sites excluding steroid dienone is 1. The van der Waals surface area contributed by atoms with Gasteiger partial charge in [-0.25, -0.2) is 13.6 Å². The molecule has 1 aromatic carbocycles. The highest BCUT2D eigenvalue weighted by Crippen LogP contribution is 2.71. The fraction of sp³-hybridized carbons (Fsp3) is 0.556. The van der Waals surface area contributed by atoms with Gasteiger partial charge >= 0.3 is 5.97 Å². The van der Waals surface area contributed by atoms with Gasteiger partial charge in [0.05, 0.1) is 17.6 Å². The number of halogens is 2. The van der Waals surface area contributed by atoms with Crippen molar-refractivity contribution in [3.63, 3.8) is 0 Å². The zero-order chi connectivity index (χ0) is 25.7. The number of fused-ring (bicyclic) bond motifs is 3. The molecule has 8 atom stereocenters. The predicted octanol–water partition coefficient (Wildman–Crippen LogP) is 2.96. The second-order valence-electron chi connectivity index (χ2n) is 11.3. The minimum absolute atomic E-state index is 0.00320. The van der Waals surface area contributed by atoms with Crippen LogP contribution in [-0.2, 0) is 9.53 Å². The number of aliphatic hydroxyl groups is 3. The number of esters is 1. The summed E-state index contributed by atoms with van der Waals surface area (Å²) in [7, 11) is 0. The Kier molecular flexibility index (Phi) is 5.23. The minimum Gasteiger partial charge on any atom is -0.451 e. The average Bonchev–Trinajstić information content (AvgIpc) is 3.27. The van der Waals surface area contributed by atoms with E-state index in [1.165, 1.54) is 0 Å². The number of carbonyl (C=O) groups excluding carboxylic acids is 2. The second kappa shape index (κ2) is 7.54. The number of rotatable bonds is 3. The third kappa shape index (κ3) is 2.96. The van der Waals surface area contributed by atoms with Crippen molar-refractivity contribution in [3.8, 4) is 0 Å².